The van der Waals surface area contributed by atoms with Gasteiger partial charge in [-0.25, -0.2) is 4.68 Å². The van der Waals surface area contributed by atoms with Crippen LogP contribution in [0.4, 0.5) is 5.69 Å². The van der Waals surface area contributed by atoms with Gasteiger partial charge in [0.15, 0.2) is 0 Å². The highest BCUT2D eigenvalue weighted by Gasteiger charge is 2.34. The Morgan fingerprint density at radius 3 is 2.23 bits per heavy atom. The number of carbonyl (C=O) groups excluding carboxylic acids is 2. The van der Waals surface area contributed by atoms with Gasteiger partial charge in [-0.1, -0.05) is 41.6 Å². The first-order valence-corrected chi connectivity index (χ1v) is 9.32. The van der Waals surface area contributed by atoms with Crippen LogP contribution in [0.2, 0.25) is 0 Å². The number of ether oxygens (including phenoxy) is 1. The van der Waals surface area contributed by atoms with Gasteiger partial charge in [0.1, 0.15) is 22.7 Å². The Balaban J connectivity index is 1.72. The minimum Gasteiger partial charge on any atom is -0.497 e. The van der Waals surface area contributed by atoms with Crippen molar-refractivity contribution in [2.24, 2.45) is 0 Å². The molecule has 0 radical (unpaired) electrons. The van der Waals surface area contributed by atoms with Gasteiger partial charge in [-0.3, -0.25) is 9.59 Å². The highest BCUT2D eigenvalue weighted by molar-refractivity contribution is 6.38. The van der Waals surface area contributed by atoms with Crippen LogP contribution in [0.3, 0.4) is 0 Å². The van der Waals surface area contributed by atoms with Crippen LogP contribution < -0.4 is 10.1 Å². The monoisotopic (exact) mass is 396 g/mol. The van der Waals surface area contributed by atoms with E-state index in [1.54, 1.807) is 61.7 Å². The highest BCUT2D eigenvalue weighted by Crippen LogP contribution is 2.31. The summed E-state index contributed by atoms with van der Waals surface area (Å²) in [7, 11) is 1.58. The van der Waals surface area contributed by atoms with Crippen molar-refractivity contribution < 1.29 is 14.3 Å². The summed E-state index contributed by atoms with van der Waals surface area (Å²) in [4.78, 5) is 26.8. The van der Waals surface area contributed by atoms with Gasteiger partial charge in [0.05, 0.1) is 12.6 Å². The van der Waals surface area contributed by atoms with Gasteiger partial charge in [-0.05, 0) is 36.4 Å². The molecule has 4 aromatic rings. The average molecular weight is 396 g/mol. The van der Waals surface area contributed by atoms with Gasteiger partial charge >= 0.3 is 0 Å². The maximum Gasteiger partial charge on any atom is 0.214 e. The fourth-order valence-electron chi connectivity index (χ4n) is 3.53. The Hall–Kier alpha value is -4.26. The van der Waals surface area contributed by atoms with Crippen molar-refractivity contribution in [1.82, 2.24) is 15.0 Å². The lowest BCUT2D eigenvalue weighted by Gasteiger charge is -2.22. The predicted octanol–water partition coefficient (Wildman–Crippen LogP) is 3.80. The molecule has 0 atom stereocenters. The maximum atomic E-state index is 13.4. The van der Waals surface area contributed by atoms with E-state index in [9.17, 15) is 9.59 Å². The van der Waals surface area contributed by atoms with E-state index in [-0.39, 0.29) is 23.0 Å². The van der Waals surface area contributed by atoms with Crippen molar-refractivity contribution >= 4 is 34.0 Å². The number of fused-ring (bicyclic) bond motifs is 2. The summed E-state index contributed by atoms with van der Waals surface area (Å²) in [6.07, 6.45) is 0. The molecular formula is C23H16N4O3. The van der Waals surface area contributed by atoms with E-state index in [4.69, 9.17) is 4.74 Å². The average Bonchev–Trinajstić information content (AvgIpc) is 3.22. The minimum absolute atomic E-state index is 0.142. The van der Waals surface area contributed by atoms with Gasteiger partial charge in [-0.15, -0.1) is 5.10 Å². The molecule has 30 heavy (non-hydrogen) atoms. The molecule has 0 saturated heterocycles. The third-order valence-electron chi connectivity index (χ3n) is 5.02. The second-order valence-corrected chi connectivity index (χ2v) is 6.77. The number of hydrogen-bond acceptors (Lipinski definition) is 6. The number of aromatic nitrogens is 3. The topological polar surface area (TPSA) is 86.1 Å². The van der Waals surface area contributed by atoms with Crippen molar-refractivity contribution in [3.05, 3.63) is 89.6 Å². The lowest BCUT2D eigenvalue weighted by atomic mass is 9.90. The van der Waals surface area contributed by atoms with E-state index in [0.29, 0.717) is 33.6 Å². The first-order valence-electron chi connectivity index (χ1n) is 9.32. The second-order valence-electron chi connectivity index (χ2n) is 6.77. The molecule has 0 spiro atoms. The molecule has 1 aliphatic rings. The Labute approximate surface area is 171 Å². The number of hydrogen-bond donors (Lipinski definition) is 1. The van der Waals surface area contributed by atoms with Gasteiger partial charge < -0.3 is 10.1 Å². The summed E-state index contributed by atoms with van der Waals surface area (Å²) in [5.41, 5.74) is 2.91. The number of Topliss-reactive ketones (excluding diaryl/α,β-unsaturated/α-hetero) is 2. The summed E-state index contributed by atoms with van der Waals surface area (Å²) in [5, 5.41) is 11.4. The number of anilines is 1. The van der Waals surface area contributed by atoms with Gasteiger partial charge in [0.2, 0.25) is 11.6 Å². The highest BCUT2D eigenvalue weighted by atomic mass is 16.5. The van der Waals surface area contributed by atoms with Crippen LogP contribution in [-0.4, -0.2) is 33.7 Å². The second kappa shape index (κ2) is 6.97. The van der Waals surface area contributed by atoms with E-state index in [1.807, 2.05) is 18.2 Å². The molecule has 0 bridgehead atoms. The van der Waals surface area contributed by atoms with Gasteiger partial charge in [-0.2, -0.15) is 0 Å². The molecule has 3 aromatic carbocycles. The minimum atomic E-state index is -0.295. The van der Waals surface area contributed by atoms with Crippen molar-refractivity contribution in [2.75, 3.05) is 12.4 Å². The van der Waals surface area contributed by atoms with E-state index in [2.05, 4.69) is 15.6 Å². The van der Waals surface area contributed by atoms with Crippen LogP contribution in [0.25, 0.3) is 16.7 Å². The summed E-state index contributed by atoms with van der Waals surface area (Å²) in [6, 6.07) is 21.2. The first kappa shape index (κ1) is 17.8. The number of para-hydroxylation sites is 1. The van der Waals surface area contributed by atoms with Crippen molar-refractivity contribution in [2.45, 2.75) is 0 Å². The molecule has 0 saturated carbocycles. The number of rotatable bonds is 4. The zero-order chi connectivity index (χ0) is 20.7. The molecule has 0 fully saturated rings. The van der Waals surface area contributed by atoms with Gasteiger partial charge in [0, 0.05) is 16.8 Å². The third kappa shape index (κ3) is 2.76. The summed E-state index contributed by atoms with van der Waals surface area (Å²) in [5.74, 6) is 0.112. The molecule has 1 N–H and O–H groups in total. The molecular weight excluding hydrogens is 380 g/mol. The van der Waals surface area contributed by atoms with E-state index < -0.39 is 0 Å². The summed E-state index contributed by atoms with van der Waals surface area (Å²) >= 11 is 0. The number of methoxy groups -OCH3 is 1. The smallest absolute Gasteiger partial charge is 0.214 e. The quantitative estimate of drug-likeness (QED) is 0.565. The Bertz CT molecular complexity index is 1340. The number of benzene rings is 3. The first-order chi connectivity index (χ1) is 14.7. The number of nitrogens with one attached hydrogen (secondary N) is 1. The van der Waals surface area contributed by atoms with Crippen LogP contribution in [0.5, 0.6) is 5.75 Å². The molecule has 1 aliphatic carbocycles. The number of allylic oxidation sites excluding steroid dienone is 2. The molecule has 1 aromatic heterocycles. The maximum absolute atomic E-state index is 13.4. The number of ketones is 2. The lowest BCUT2D eigenvalue weighted by Crippen LogP contribution is -2.28. The van der Waals surface area contributed by atoms with E-state index in [1.165, 1.54) is 4.68 Å². The zero-order valence-corrected chi connectivity index (χ0v) is 16.0. The third-order valence-corrected chi connectivity index (χ3v) is 5.02. The van der Waals surface area contributed by atoms with Crippen LogP contribution in [0.15, 0.2) is 78.5 Å². The van der Waals surface area contributed by atoms with Crippen molar-refractivity contribution in [3.8, 4) is 5.75 Å². The molecule has 0 aliphatic heterocycles. The molecule has 5 rings (SSSR count). The normalized spacial score (nSPS) is 13.5. The predicted molar refractivity (Wildman–Crippen MR) is 112 cm³/mol. The SMILES string of the molecule is COc1ccc(NC2=C(n3nnc4ccccc43)C(=O)c3ccccc3C2=O)cc1. The Morgan fingerprint density at radius 1 is 0.833 bits per heavy atom. The molecule has 0 amide bonds. The van der Waals surface area contributed by atoms with Crippen LogP contribution in [0, 0.1) is 0 Å². The summed E-state index contributed by atoms with van der Waals surface area (Å²) < 4.78 is 6.62. The Kier molecular flexibility index (Phi) is 4.14. The van der Waals surface area contributed by atoms with Crippen molar-refractivity contribution in [3.63, 3.8) is 0 Å². The van der Waals surface area contributed by atoms with Crippen LogP contribution >= 0.6 is 0 Å². The fraction of sp³-hybridized carbons (Fsp3) is 0.0435. The number of nitrogens with zero attached hydrogens (tertiary/aromatic N) is 3. The largest absolute Gasteiger partial charge is 0.497 e. The zero-order valence-electron chi connectivity index (χ0n) is 16.0. The standard InChI is InChI=1S/C23H16N4O3/c1-30-15-12-10-14(11-13-15)24-20-21(27-19-9-5-4-8-18(19)25-26-27)23(29)17-7-3-2-6-16(17)22(20)28/h2-13,24H,1H3. The van der Waals surface area contributed by atoms with Crippen LogP contribution in [-0.2, 0) is 0 Å². The van der Waals surface area contributed by atoms with E-state index in [0.717, 1.165) is 0 Å². The molecule has 7 nitrogen and oxygen atoms in total. The molecule has 1 heterocycles. The van der Waals surface area contributed by atoms with Crippen molar-refractivity contribution in [1.29, 1.82) is 0 Å². The molecule has 0 unspecified atom stereocenters. The molecule has 7 heteroatoms. The summed E-state index contributed by atoms with van der Waals surface area (Å²) in [6.45, 7) is 0. The Morgan fingerprint density at radius 2 is 1.50 bits per heavy atom. The van der Waals surface area contributed by atoms with Crippen LogP contribution in [0.1, 0.15) is 20.7 Å². The lowest BCUT2D eigenvalue weighted by molar-refractivity contribution is 0.0988. The van der Waals surface area contributed by atoms with Gasteiger partial charge in [0.25, 0.3) is 0 Å². The number of carbonyl (C=O) groups is 2. The molecule has 146 valence electrons. The fourth-order valence-corrected chi connectivity index (χ4v) is 3.53. The van der Waals surface area contributed by atoms with E-state index >= 15 is 0 Å².